The van der Waals surface area contributed by atoms with E-state index >= 15 is 0 Å². The summed E-state index contributed by atoms with van der Waals surface area (Å²) in [6, 6.07) is 77.6. The average molecular weight is 937 g/mol. The maximum atomic E-state index is 6.46. The van der Waals surface area contributed by atoms with Crippen LogP contribution in [0.5, 0.6) is 0 Å². The summed E-state index contributed by atoms with van der Waals surface area (Å²) in [7, 11) is 0. The van der Waals surface area contributed by atoms with Gasteiger partial charge in [-0.05, 0) is 112 Å². The zero-order valence-electron chi connectivity index (χ0n) is 38.3. The Morgan fingerprint density at radius 3 is 1.36 bits per heavy atom. The number of furan rings is 2. The van der Waals surface area contributed by atoms with E-state index in [0.29, 0.717) is 17.5 Å². The zero-order chi connectivity index (χ0) is 47.0. The fourth-order valence-electron chi connectivity index (χ4n) is 11.4. The van der Waals surface area contributed by atoms with Gasteiger partial charge < -0.3 is 13.4 Å². The molecule has 7 heteroatoms. The number of hydrogen-bond donors (Lipinski definition) is 0. The second-order valence-electron chi connectivity index (χ2n) is 18.6. The van der Waals surface area contributed by atoms with E-state index in [1.54, 1.807) is 0 Å². The van der Waals surface area contributed by atoms with E-state index in [0.717, 1.165) is 88.4 Å². The summed E-state index contributed by atoms with van der Waals surface area (Å²) in [5, 5.41) is 13.6. The Balaban J connectivity index is 1.03. The smallest absolute Gasteiger partial charge is 0.164 e. The van der Waals surface area contributed by atoms with Gasteiger partial charge in [-0.1, -0.05) is 140 Å². The van der Waals surface area contributed by atoms with Crippen molar-refractivity contribution in [1.29, 1.82) is 0 Å². The minimum Gasteiger partial charge on any atom is -0.456 e. The molecule has 0 spiro atoms. The first-order valence-corrected chi connectivity index (χ1v) is 25.0. The third-order valence-electron chi connectivity index (χ3n) is 14.6. The summed E-state index contributed by atoms with van der Waals surface area (Å²) < 4.78 is 17.8. The molecule has 72 heavy (non-hydrogen) atoms. The highest BCUT2D eigenvalue weighted by atomic mass is 32.1. The number of hydrogen-bond acceptors (Lipinski definition) is 6. The van der Waals surface area contributed by atoms with Crippen molar-refractivity contribution in [2.75, 3.05) is 0 Å². The van der Waals surface area contributed by atoms with Crippen LogP contribution in [-0.4, -0.2) is 19.5 Å². The van der Waals surface area contributed by atoms with Crippen LogP contribution in [0.25, 0.3) is 158 Å². The Labute approximate surface area is 414 Å². The van der Waals surface area contributed by atoms with E-state index in [4.69, 9.17) is 23.8 Å². The van der Waals surface area contributed by atoms with Gasteiger partial charge in [0, 0.05) is 74.9 Å². The maximum Gasteiger partial charge on any atom is 0.164 e. The predicted molar refractivity (Wildman–Crippen MR) is 298 cm³/mol. The van der Waals surface area contributed by atoms with Crippen molar-refractivity contribution in [3.05, 3.63) is 218 Å². The van der Waals surface area contributed by atoms with Crippen LogP contribution < -0.4 is 0 Å². The van der Waals surface area contributed by atoms with E-state index < -0.39 is 0 Å². The Morgan fingerprint density at radius 1 is 0.306 bits per heavy atom. The molecule has 6 nitrogen and oxygen atoms in total. The fraction of sp³-hybridized carbons (Fsp3) is 0. The molecule has 0 radical (unpaired) electrons. The molecule has 0 saturated heterocycles. The molecule has 0 fully saturated rings. The molecule has 0 unspecified atom stereocenters. The average Bonchev–Trinajstić information content (AvgIpc) is 4.20. The molecule has 0 aliphatic heterocycles. The van der Waals surface area contributed by atoms with Crippen molar-refractivity contribution in [1.82, 2.24) is 19.5 Å². The summed E-state index contributed by atoms with van der Waals surface area (Å²) in [6.07, 6.45) is 0. The van der Waals surface area contributed by atoms with Crippen LogP contribution in [0.15, 0.2) is 227 Å². The van der Waals surface area contributed by atoms with E-state index in [1.165, 1.54) is 52.5 Å². The molecule has 16 rings (SSSR count). The van der Waals surface area contributed by atoms with Crippen LogP contribution in [0.3, 0.4) is 0 Å². The monoisotopic (exact) mass is 936 g/mol. The zero-order valence-corrected chi connectivity index (χ0v) is 39.1. The first-order chi connectivity index (χ1) is 35.7. The predicted octanol–water partition coefficient (Wildman–Crippen LogP) is 18.1. The lowest BCUT2D eigenvalue weighted by Crippen LogP contribution is -2.03. The second kappa shape index (κ2) is 15.0. The SMILES string of the molecule is c1ccc2cc3c(cc2c1)c1cc2ccccc2cc1n3-c1ccc(-c2nc(-c3cccc4oc5ccccc5c34)nc(-c3cccc4oc5ccccc5c34)n2)c(-c2cccc3sc4ccccc4c23)c1. The van der Waals surface area contributed by atoms with Gasteiger partial charge in [-0.3, -0.25) is 0 Å². The van der Waals surface area contributed by atoms with Gasteiger partial charge in [0.1, 0.15) is 22.3 Å². The number of fused-ring (bicyclic) bond motifs is 14. The maximum absolute atomic E-state index is 6.46. The van der Waals surface area contributed by atoms with Gasteiger partial charge in [0.05, 0.1) is 11.0 Å². The molecule has 0 saturated carbocycles. The largest absolute Gasteiger partial charge is 0.456 e. The Bertz CT molecular complexity index is 4730. The number of nitrogens with zero attached hydrogens (tertiary/aromatic N) is 4. The summed E-state index contributed by atoms with van der Waals surface area (Å²) in [4.78, 5) is 16.5. The molecule has 5 heterocycles. The number of benzene rings is 11. The molecule has 0 N–H and O–H groups in total. The van der Waals surface area contributed by atoms with Crippen molar-refractivity contribution < 1.29 is 8.83 Å². The molecule has 334 valence electrons. The first kappa shape index (κ1) is 39.4. The number of para-hydroxylation sites is 2. The van der Waals surface area contributed by atoms with Crippen LogP contribution in [0, 0.1) is 0 Å². The van der Waals surface area contributed by atoms with E-state index in [-0.39, 0.29) is 0 Å². The summed E-state index contributed by atoms with van der Waals surface area (Å²) >= 11 is 1.82. The van der Waals surface area contributed by atoms with Crippen molar-refractivity contribution >= 4 is 119 Å². The van der Waals surface area contributed by atoms with Gasteiger partial charge in [0.2, 0.25) is 0 Å². The molecular weight excluding hydrogens is 901 g/mol. The van der Waals surface area contributed by atoms with E-state index in [2.05, 4.69) is 162 Å². The highest BCUT2D eigenvalue weighted by Crippen LogP contribution is 2.46. The molecule has 5 aromatic heterocycles. The number of rotatable bonds is 5. The lowest BCUT2D eigenvalue weighted by Gasteiger charge is -2.17. The van der Waals surface area contributed by atoms with Gasteiger partial charge in [-0.15, -0.1) is 11.3 Å². The molecule has 0 atom stereocenters. The van der Waals surface area contributed by atoms with Gasteiger partial charge in [0.25, 0.3) is 0 Å². The summed E-state index contributed by atoms with van der Waals surface area (Å²) in [5.74, 6) is 1.65. The highest BCUT2D eigenvalue weighted by molar-refractivity contribution is 7.26. The first-order valence-electron chi connectivity index (χ1n) is 24.2. The van der Waals surface area contributed by atoms with Gasteiger partial charge in [0.15, 0.2) is 17.5 Å². The van der Waals surface area contributed by atoms with Crippen molar-refractivity contribution in [2.45, 2.75) is 0 Å². The standard InChI is InChI=1S/C65H36N4O2S/c1-3-16-39-34-52-50(32-37(39)14-1)51-33-38-15-2-4-17-40(38)35-53(51)69(52)41-30-31-43(49(36-41)42-21-13-29-59-62(42)46-20-7-10-28-58(46)72-59)63-66-64(47-22-11-26-56-60(47)44-18-5-8-24-54(44)70-56)68-65(67-63)48-23-12-27-57-61(48)45-19-6-9-25-55(45)71-57/h1-36H. The van der Waals surface area contributed by atoms with Crippen molar-refractivity contribution in [3.63, 3.8) is 0 Å². The van der Waals surface area contributed by atoms with Gasteiger partial charge in [-0.25, -0.2) is 15.0 Å². The lowest BCUT2D eigenvalue weighted by atomic mass is 9.94. The second-order valence-corrected chi connectivity index (χ2v) is 19.7. The molecule has 11 aromatic carbocycles. The molecule has 0 aliphatic carbocycles. The van der Waals surface area contributed by atoms with Crippen LogP contribution in [-0.2, 0) is 0 Å². The Morgan fingerprint density at radius 2 is 0.764 bits per heavy atom. The normalized spacial score (nSPS) is 12.2. The highest BCUT2D eigenvalue weighted by Gasteiger charge is 2.24. The minimum atomic E-state index is 0.548. The van der Waals surface area contributed by atoms with Gasteiger partial charge >= 0.3 is 0 Å². The lowest BCUT2D eigenvalue weighted by molar-refractivity contribution is 0.668. The summed E-state index contributed by atoms with van der Waals surface area (Å²) in [5.41, 5.74) is 11.2. The minimum absolute atomic E-state index is 0.548. The molecule has 0 aliphatic rings. The van der Waals surface area contributed by atoms with Crippen molar-refractivity contribution in [3.8, 4) is 51.0 Å². The number of thiophene rings is 1. The number of aromatic nitrogens is 4. The third-order valence-corrected chi connectivity index (χ3v) is 15.8. The van der Waals surface area contributed by atoms with Crippen LogP contribution in [0.4, 0.5) is 0 Å². The molecule has 16 aromatic rings. The quantitative estimate of drug-likeness (QED) is 0.172. The third kappa shape index (κ3) is 5.80. The van der Waals surface area contributed by atoms with E-state index in [9.17, 15) is 0 Å². The van der Waals surface area contributed by atoms with Crippen LogP contribution in [0.2, 0.25) is 0 Å². The van der Waals surface area contributed by atoms with Crippen molar-refractivity contribution in [2.24, 2.45) is 0 Å². The molecular formula is C65H36N4O2S. The van der Waals surface area contributed by atoms with Gasteiger partial charge in [-0.2, -0.15) is 0 Å². The Hall–Kier alpha value is -9.43. The fourth-order valence-corrected chi connectivity index (χ4v) is 12.5. The molecule has 0 bridgehead atoms. The van der Waals surface area contributed by atoms with Crippen LogP contribution in [0.1, 0.15) is 0 Å². The Kier molecular flexibility index (Phi) is 8.23. The topological polar surface area (TPSA) is 69.9 Å². The summed E-state index contributed by atoms with van der Waals surface area (Å²) in [6.45, 7) is 0. The molecule has 0 amide bonds. The van der Waals surface area contributed by atoms with Crippen LogP contribution >= 0.6 is 11.3 Å². The van der Waals surface area contributed by atoms with E-state index in [1.807, 2.05) is 72.0 Å².